The maximum Gasteiger partial charge on any atom is 0.244 e. The quantitative estimate of drug-likeness (QED) is 0.729. The maximum absolute atomic E-state index is 12.0. The van der Waals surface area contributed by atoms with E-state index in [0.717, 1.165) is 5.82 Å². The SMILES string of the molecule is Cc1nc(C)n(CC(=O)N2CCC(=O)CC2)n1. The fourth-order valence-corrected chi connectivity index (χ4v) is 1.94. The number of amides is 1. The normalized spacial score (nSPS) is 16.4. The van der Waals surface area contributed by atoms with Gasteiger partial charge in [0.15, 0.2) is 0 Å². The van der Waals surface area contributed by atoms with Crippen LogP contribution in [0.1, 0.15) is 24.5 Å². The van der Waals surface area contributed by atoms with Crippen LogP contribution < -0.4 is 0 Å². The Kier molecular flexibility index (Phi) is 3.21. The number of hydrogen-bond acceptors (Lipinski definition) is 4. The van der Waals surface area contributed by atoms with Gasteiger partial charge in [-0.25, -0.2) is 9.67 Å². The van der Waals surface area contributed by atoms with Gasteiger partial charge in [-0.2, -0.15) is 5.10 Å². The number of Topliss-reactive ketones (excluding diaryl/α,β-unsaturated/α-hetero) is 1. The van der Waals surface area contributed by atoms with E-state index >= 15 is 0 Å². The minimum Gasteiger partial charge on any atom is -0.340 e. The van der Waals surface area contributed by atoms with E-state index in [4.69, 9.17) is 0 Å². The van der Waals surface area contributed by atoms with E-state index in [1.54, 1.807) is 16.5 Å². The zero-order valence-electron chi connectivity index (χ0n) is 10.1. The van der Waals surface area contributed by atoms with Crippen molar-refractivity contribution in [2.45, 2.75) is 33.2 Å². The molecule has 17 heavy (non-hydrogen) atoms. The molecular formula is C11H16N4O2. The summed E-state index contributed by atoms with van der Waals surface area (Å²) in [5, 5.41) is 4.15. The van der Waals surface area contributed by atoms with E-state index in [9.17, 15) is 9.59 Å². The van der Waals surface area contributed by atoms with Crippen LogP contribution in [-0.2, 0) is 16.1 Å². The monoisotopic (exact) mass is 236 g/mol. The van der Waals surface area contributed by atoms with Crippen molar-refractivity contribution < 1.29 is 9.59 Å². The summed E-state index contributed by atoms with van der Waals surface area (Å²) in [6.07, 6.45) is 0.947. The molecule has 0 aromatic carbocycles. The molecule has 1 aliphatic rings. The zero-order chi connectivity index (χ0) is 12.4. The number of likely N-dealkylation sites (tertiary alicyclic amines) is 1. The standard InChI is InChI=1S/C11H16N4O2/c1-8-12-9(2)15(13-8)7-11(17)14-5-3-10(16)4-6-14/h3-7H2,1-2H3. The smallest absolute Gasteiger partial charge is 0.244 e. The minimum atomic E-state index is 0.00509. The van der Waals surface area contributed by atoms with Crippen LogP contribution in [0, 0.1) is 13.8 Å². The number of hydrogen-bond donors (Lipinski definition) is 0. The lowest BCUT2D eigenvalue weighted by molar-refractivity contribution is -0.135. The molecule has 1 amide bonds. The Morgan fingerprint density at radius 3 is 2.47 bits per heavy atom. The molecule has 2 rings (SSSR count). The highest BCUT2D eigenvalue weighted by Gasteiger charge is 2.21. The summed E-state index contributed by atoms with van der Waals surface area (Å²) in [5.74, 6) is 1.65. The van der Waals surface area contributed by atoms with Gasteiger partial charge in [-0.05, 0) is 13.8 Å². The average molecular weight is 236 g/mol. The van der Waals surface area contributed by atoms with Crippen LogP contribution in [0.25, 0.3) is 0 Å². The highest BCUT2D eigenvalue weighted by molar-refractivity contribution is 5.83. The molecule has 0 saturated carbocycles. The van der Waals surface area contributed by atoms with Crippen LogP contribution in [-0.4, -0.2) is 44.4 Å². The van der Waals surface area contributed by atoms with Gasteiger partial charge in [0.2, 0.25) is 5.91 Å². The van der Waals surface area contributed by atoms with Crippen LogP contribution in [0.5, 0.6) is 0 Å². The molecule has 0 unspecified atom stereocenters. The van der Waals surface area contributed by atoms with Gasteiger partial charge in [0.05, 0.1) is 0 Å². The van der Waals surface area contributed by atoms with E-state index < -0.39 is 0 Å². The molecule has 0 radical (unpaired) electrons. The van der Waals surface area contributed by atoms with E-state index in [1.807, 2.05) is 6.92 Å². The fourth-order valence-electron chi connectivity index (χ4n) is 1.94. The Bertz CT molecular complexity index is 442. The molecule has 6 nitrogen and oxygen atoms in total. The lowest BCUT2D eigenvalue weighted by Gasteiger charge is -2.26. The van der Waals surface area contributed by atoms with Crippen LogP contribution in [0.4, 0.5) is 0 Å². The van der Waals surface area contributed by atoms with Crippen molar-refractivity contribution in [1.82, 2.24) is 19.7 Å². The summed E-state index contributed by atoms with van der Waals surface area (Å²) in [7, 11) is 0. The first-order chi connectivity index (χ1) is 8.06. The van der Waals surface area contributed by atoms with Gasteiger partial charge in [-0.15, -0.1) is 0 Å². The molecule has 1 aliphatic heterocycles. The van der Waals surface area contributed by atoms with E-state index in [1.165, 1.54) is 0 Å². The number of nitrogens with zero attached hydrogens (tertiary/aromatic N) is 4. The van der Waals surface area contributed by atoms with Gasteiger partial charge in [0.25, 0.3) is 0 Å². The Labute approximate surface area is 99.6 Å². The molecule has 0 atom stereocenters. The van der Waals surface area contributed by atoms with Crippen molar-refractivity contribution in [3.8, 4) is 0 Å². The number of rotatable bonds is 2. The largest absolute Gasteiger partial charge is 0.340 e. The Balaban J connectivity index is 1.97. The third-order valence-corrected chi connectivity index (χ3v) is 2.92. The van der Waals surface area contributed by atoms with Crippen LogP contribution in [0.2, 0.25) is 0 Å². The van der Waals surface area contributed by atoms with Crippen molar-refractivity contribution >= 4 is 11.7 Å². The molecule has 2 heterocycles. The van der Waals surface area contributed by atoms with Crippen LogP contribution in [0.3, 0.4) is 0 Å². The molecular weight excluding hydrogens is 220 g/mol. The minimum absolute atomic E-state index is 0.00509. The molecule has 1 fully saturated rings. The van der Waals surface area contributed by atoms with Crippen molar-refractivity contribution in [3.63, 3.8) is 0 Å². The second-order valence-corrected chi connectivity index (χ2v) is 4.28. The van der Waals surface area contributed by atoms with Gasteiger partial charge >= 0.3 is 0 Å². The maximum atomic E-state index is 12.0. The average Bonchev–Trinajstić information content (AvgIpc) is 2.58. The Hall–Kier alpha value is -1.72. The number of aryl methyl sites for hydroxylation is 2. The summed E-state index contributed by atoms with van der Waals surface area (Å²) in [4.78, 5) is 28.9. The molecule has 1 aromatic heterocycles. The zero-order valence-corrected chi connectivity index (χ0v) is 10.1. The van der Waals surface area contributed by atoms with Crippen molar-refractivity contribution in [1.29, 1.82) is 0 Å². The number of carbonyl (C=O) groups is 2. The van der Waals surface area contributed by atoms with Crippen molar-refractivity contribution in [2.75, 3.05) is 13.1 Å². The second kappa shape index (κ2) is 4.65. The first-order valence-corrected chi connectivity index (χ1v) is 5.74. The summed E-state index contributed by atoms with van der Waals surface area (Å²) < 4.78 is 1.61. The Morgan fingerprint density at radius 1 is 1.29 bits per heavy atom. The lowest BCUT2D eigenvalue weighted by atomic mass is 10.1. The summed E-state index contributed by atoms with van der Waals surface area (Å²) in [6.45, 7) is 4.90. The summed E-state index contributed by atoms with van der Waals surface area (Å²) >= 11 is 0. The van der Waals surface area contributed by atoms with Crippen molar-refractivity contribution in [2.24, 2.45) is 0 Å². The highest BCUT2D eigenvalue weighted by atomic mass is 16.2. The number of piperidine rings is 1. The molecule has 1 saturated heterocycles. The number of ketones is 1. The molecule has 0 aliphatic carbocycles. The number of carbonyl (C=O) groups excluding carboxylic acids is 2. The first-order valence-electron chi connectivity index (χ1n) is 5.74. The molecule has 0 bridgehead atoms. The lowest BCUT2D eigenvalue weighted by Crippen LogP contribution is -2.40. The molecule has 0 N–H and O–H groups in total. The van der Waals surface area contributed by atoms with Crippen LogP contribution >= 0.6 is 0 Å². The fraction of sp³-hybridized carbons (Fsp3) is 0.636. The highest BCUT2D eigenvalue weighted by Crippen LogP contribution is 2.07. The van der Waals surface area contributed by atoms with E-state index in [2.05, 4.69) is 10.1 Å². The topological polar surface area (TPSA) is 68.1 Å². The molecule has 6 heteroatoms. The third kappa shape index (κ3) is 2.69. The predicted molar refractivity (Wildman–Crippen MR) is 60.3 cm³/mol. The number of aromatic nitrogens is 3. The van der Waals surface area contributed by atoms with E-state index in [0.29, 0.717) is 31.8 Å². The third-order valence-electron chi connectivity index (χ3n) is 2.92. The predicted octanol–water partition coefficient (Wildman–Crippen LogP) is 0.0864. The molecule has 92 valence electrons. The van der Waals surface area contributed by atoms with E-state index in [-0.39, 0.29) is 18.2 Å². The summed E-state index contributed by atoms with van der Waals surface area (Å²) in [5.41, 5.74) is 0. The molecule has 1 aromatic rings. The van der Waals surface area contributed by atoms with Crippen LogP contribution in [0.15, 0.2) is 0 Å². The summed E-state index contributed by atoms with van der Waals surface area (Å²) in [6, 6.07) is 0. The first kappa shape index (κ1) is 11.8. The van der Waals surface area contributed by atoms with Gasteiger partial charge in [0, 0.05) is 25.9 Å². The van der Waals surface area contributed by atoms with Gasteiger partial charge in [0.1, 0.15) is 24.0 Å². The second-order valence-electron chi connectivity index (χ2n) is 4.28. The van der Waals surface area contributed by atoms with Gasteiger partial charge in [-0.3, -0.25) is 9.59 Å². The van der Waals surface area contributed by atoms with Crippen molar-refractivity contribution in [3.05, 3.63) is 11.6 Å². The Morgan fingerprint density at radius 2 is 1.94 bits per heavy atom. The van der Waals surface area contributed by atoms with Gasteiger partial charge in [-0.1, -0.05) is 0 Å². The van der Waals surface area contributed by atoms with Gasteiger partial charge < -0.3 is 4.90 Å². The molecule has 0 spiro atoms.